The van der Waals surface area contributed by atoms with Crippen LogP contribution in [0, 0.1) is 18.8 Å². The minimum absolute atomic E-state index is 0.0456. The van der Waals surface area contributed by atoms with Crippen LogP contribution in [-0.4, -0.2) is 40.2 Å². The fraction of sp³-hybridized carbons (Fsp3) is 0.714. The van der Waals surface area contributed by atoms with Crippen LogP contribution in [0.4, 0.5) is 5.82 Å². The second kappa shape index (κ2) is 5.74. The van der Waals surface area contributed by atoms with E-state index < -0.39 is 0 Å². The molecule has 1 amide bonds. The third kappa shape index (κ3) is 3.80. The van der Waals surface area contributed by atoms with Crippen LogP contribution >= 0.6 is 0 Å². The van der Waals surface area contributed by atoms with E-state index in [0.29, 0.717) is 18.4 Å². The number of anilines is 1. The molecule has 5 heteroatoms. The van der Waals surface area contributed by atoms with Crippen molar-refractivity contribution in [2.75, 3.05) is 25.0 Å². The van der Waals surface area contributed by atoms with E-state index in [2.05, 4.69) is 29.2 Å². The number of rotatable bonds is 3. The summed E-state index contributed by atoms with van der Waals surface area (Å²) in [4.78, 5) is 14.3. The SMILES string of the molecule is Cc1cc(NC(=O)CN2C[C@H](C)C[C@H](C)C2)n(C)n1. The number of aromatic nitrogens is 2. The van der Waals surface area contributed by atoms with Crippen LogP contribution < -0.4 is 5.32 Å². The van der Waals surface area contributed by atoms with Gasteiger partial charge in [-0.05, 0) is 25.2 Å². The molecule has 0 bridgehead atoms. The molecule has 2 rings (SSSR count). The number of piperidine rings is 1. The molecule has 0 aromatic carbocycles. The standard InChI is InChI=1S/C14H24N4O/c1-10-5-11(2)8-18(7-10)9-14(19)15-13-6-12(3)16-17(13)4/h6,10-11H,5,7-9H2,1-4H3,(H,15,19)/t10-,11+. The highest BCUT2D eigenvalue weighted by atomic mass is 16.2. The van der Waals surface area contributed by atoms with Gasteiger partial charge in [-0.1, -0.05) is 13.8 Å². The van der Waals surface area contributed by atoms with Gasteiger partial charge in [0.2, 0.25) is 5.91 Å². The van der Waals surface area contributed by atoms with Crippen molar-refractivity contribution in [3.8, 4) is 0 Å². The number of aryl methyl sites for hydroxylation is 2. The van der Waals surface area contributed by atoms with Crippen LogP contribution in [0.1, 0.15) is 26.0 Å². The van der Waals surface area contributed by atoms with Gasteiger partial charge in [0.1, 0.15) is 5.82 Å². The molecule has 2 atom stereocenters. The Morgan fingerprint density at radius 3 is 2.58 bits per heavy atom. The minimum Gasteiger partial charge on any atom is -0.310 e. The Morgan fingerprint density at radius 2 is 2.05 bits per heavy atom. The van der Waals surface area contributed by atoms with Crippen molar-refractivity contribution in [2.24, 2.45) is 18.9 Å². The summed E-state index contributed by atoms with van der Waals surface area (Å²) in [6.07, 6.45) is 1.26. The number of amides is 1. The molecule has 2 heterocycles. The monoisotopic (exact) mass is 264 g/mol. The quantitative estimate of drug-likeness (QED) is 0.903. The van der Waals surface area contributed by atoms with Gasteiger partial charge in [-0.2, -0.15) is 5.10 Å². The molecule has 0 radical (unpaired) electrons. The lowest BCUT2D eigenvalue weighted by Crippen LogP contribution is -2.43. The molecule has 5 nitrogen and oxygen atoms in total. The number of nitrogens with zero attached hydrogens (tertiary/aromatic N) is 3. The Labute approximate surface area is 115 Å². The summed E-state index contributed by atoms with van der Waals surface area (Å²) in [5, 5.41) is 7.15. The van der Waals surface area contributed by atoms with Crippen LogP contribution in [0.2, 0.25) is 0 Å². The van der Waals surface area contributed by atoms with E-state index >= 15 is 0 Å². The first kappa shape index (κ1) is 14.1. The van der Waals surface area contributed by atoms with Crippen molar-refractivity contribution in [3.05, 3.63) is 11.8 Å². The van der Waals surface area contributed by atoms with Crippen LogP contribution in [0.3, 0.4) is 0 Å². The molecular formula is C14H24N4O. The third-order valence-corrected chi connectivity index (χ3v) is 3.58. The molecule has 0 saturated carbocycles. The van der Waals surface area contributed by atoms with Crippen LogP contribution in [0.5, 0.6) is 0 Å². The highest BCUT2D eigenvalue weighted by molar-refractivity contribution is 5.91. The largest absolute Gasteiger partial charge is 0.310 e. The van der Waals surface area contributed by atoms with E-state index in [0.717, 1.165) is 24.6 Å². The first-order valence-corrected chi connectivity index (χ1v) is 6.97. The number of carbonyl (C=O) groups is 1. The van der Waals surface area contributed by atoms with Gasteiger partial charge in [-0.15, -0.1) is 0 Å². The van der Waals surface area contributed by atoms with E-state index in [1.165, 1.54) is 6.42 Å². The average molecular weight is 264 g/mol. The minimum atomic E-state index is 0.0456. The molecule has 0 spiro atoms. The molecule has 1 saturated heterocycles. The molecule has 1 aliphatic heterocycles. The van der Waals surface area contributed by atoms with Crippen molar-refractivity contribution in [1.82, 2.24) is 14.7 Å². The highest BCUT2D eigenvalue weighted by Gasteiger charge is 2.23. The van der Waals surface area contributed by atoms with Gasteiger partial charge in [-0.3, -0.25) is 14.4 Å². The van der Waals surface area contributed by atoms with Gasteiger partial charge in [0.15, 0.2) is 0 Å². The average Bonchev–Trinajstić information content (AvgIpc) is 2.55. The molecule has 1 aromatic heterocycles. The molecular weight excluding hydrogens is 240 g/mol. The van der Waals surface area contributed by atoms with Gasteiger partial charge in [0.25, 0.3) is 0 Å². The number of hydrogen-bond donors (Lipinski definition) is 1. The van der Waals surface area contributed by atoms with E-state index in [4.69, 9.17) is 0 Å². The molecule has 1 N–H and O–H groups in total. The van der Waals surface area contributed by atoms with Crippen LogP contribution in [-0.2, 0) is 11.8 Å². The maximum atomic E-state index is 12.1. The first-order chi connectivity index (χ1) is 8.94. The maximum absolute atomic E-state index is 12.1. The number of nitrogens with one attached hydrogen (secondary N) is 1. The summed E-state index contributed by atoms with van der Waals surface area (Å²) >= 11 is 0. The zero-order valence-corrected chi connectivity index (χ0v) is 12.3. The summed E-state index contributed by atoms with van der Waals surface area (Å²) in [5.41, 5.74) is 0.915. The summed E-state index contributed by atoms with van der Waals surface area (Å²) in [5.74, 6) is 2.16. The van der Waals surface area contributed by atoms with Gasteiger partial charge in [-0.25, -0.2) is 0 Å². The van der Waals surface area contributed by atoms with Crippen molar-refractivity contribution < 1.29 is 4.79 Å². The third-order valence-electron chi connectivity index (χ3n) is 3.58. The highest BCUT2D eigenvalue weighted by Crippen LogP contribution is 2.20. The Kier molecular flexibility index (Phi) is 4.24. The molecule has 1 fully saturated rings. The van der Waals surface area contributed by atoms with Gasteiger partial charge in [0.05, 0.1) is 12.2 Å². The van der Waals surface area contributed by atoms with Crippen LogP contribution in [0.25, 0.3) is 0 Å². The van der Waals surface area contributed by atoms with E-state index in [-0.39, 0.29) is 5.91 Å². The molecule has 0 aliphatic carbocycles. The fourth-order valence-corrected chi connectivity index (χ4v) is 3.03. The normalized spacial score (nSPS) is 24.4. The summed E-state index contributed by atoms with van der Waals surface area (Å²) in [6.45, 7) is 8.93. The summed E-state index contributed by atoms with van der Waals surface area (Å²) < 4.78 is 1.70. The molecule has 19 heavy (non-hydrogen) atoms. The van der Waals surface area contributed by atoms with Crippen molar-refractivity contribution in [1.29, 1.82) is 0 Å². The number of likely N-dealkylation sites (tertiary alicyclic amines) is 1. The Morgan fingerprint density at radius 1 is 1.42 bits per heavy atom. The zero-order valence-electron chi connectivity index (χ0n) is 12.3. The molecule has 106 valence electrons. The fourth-order valence-electron chi connectivity index (χ4n) is 3.03. The van der Waals surface area contributed by atoms with E-state index in [1.807, 2.05) is 20.0 Å². The lowest BCUT2D eigenvalue weighted by atomic mass is 9.92. The molecule has 1 aromatic rings. The second-order valence-electron chi connectivity index (χ2n) is 5.98. The lowest BCUT2D eigenvalue weighted by Gasteiger charge is -2.34. The predicted octanol–water partition coefficient (Wildman–Crippen LogP) is 1.64. The van der Waals surface area contributed by atoms with E-state index in [9.17, 15) is 4.79 Å². The van der Waals surface area contributed by atoms with Crippen molar-refractivity contribution in [2.45, 2.75) is 27.2 Å². The molecule has 1 aliphatic rings. The second-order valence-corrected chi connectivity index (χ2v) is 5.98. The summed E-state index contributed by atoms with van der Waals surface area (Å²) in [7, 11) is 1.84. The van der Waals surface area contributed by atoms with Gasteiger partial charge in [0, 0.05) is 26.2 Å². The number of hydrogen-bond acceptors (Lipinski definition) is 3. The van der Waals surface area contributed by atoms with Gasteiger partial charge >= 0.3 is 0 Å². The summed E-state index contributed by atoms with van der Waals surface area (Å²) in [6, 6.07) is 1.89. The van der Waals surface area contributed by atoms with Gasteiger partial charge < -0.3 is 5.32 Å². The molecule has 0 unspecified atom stereocenters. The van der Waals surface area contributed by atoms with Crippen molar-refractivity contribution in [3.63, 3.8) is 0 Å². The number of carbonyl (C=O) groups excluding carboxylic acids is 1. The Bertz CT molecular complexity index is 444. The Balaban J connectivity index is 1.89. The maximum Gasteiger partial charge on any atom is 0.239 e. The van der Waals surface area contributed by atoms with Crippen molar-refractivity contribution >= 4 is 11.7 Å². The lowest BCUT2D eigenvalue weighted by molar-refractivity contribution is -0.117. The zero-order chi connectivity index (χ0) is 14.0. The first-order valence-electron chi connectivity index (χ1n) is 6.97. The smallest absolute Gasteiger partial charge is 0.239 e. The van der Waals surface area contributed by atoms with Crippen LogP contribution in [0.15, 0.2) is 6.07 Å². The Hall–Kier alpha value is -1.36. The predicted molar refractivity (Wildman–Crippen MR) is 76.0 cm³/mol. The van der Waals surface area contributed by atoms with E-state index in [1.54, 1.807) is 4.68 Å². The topological polar surface area (TPSA) is 50.2 Å².